The second-order valence-corrected chi connectivity index (χ2v) is 11.8. The first-order chi connectivity index (χ1) is 18.1. The van der Waals surface area contributed by atoms with Crippen LogP contribution in [0.25, 0.3) is 0 Å². The van der Waals surface area contributed by atoms with Crippen molar-refractivity contribution in [1.82, 2.24) is 9.21 Å². The highest BCUT2D eigenvalue weighted by molar-refractivity contribution is 7.89. The van der Waals surface area contributed by atoms with Gasteiger partial charge in [0.2, 0.25) is 5.91 Å². The van der Waals surface area contributed by atoms with Gasteiger partial charge in [-0.25, -0.2) is 8.42 Å². The maximum absolute atomic E-state index is 13.5. The molecular weight excluding hydrogens is 540 g/mol. The van der Waals surface area contributed by atoms with Crippen LogP contribution < -0.4 is 4.74 Å². The van der Waals surface area contributed by atoms with Gasteiger partial charge < -0.3 is 19.5 Å². The molecule has 214 valence electrons. The molecule has 11 nitrogen and oxygen atoms in total. The van der Waals surface area contributed by atoms with Gasteiger partial charge in [0.05, 0.1) is 16.6 Å². The van der Waals surface area contributed by atoms with E-state index in [2.05, 4.69) is 4.74 Å². The molecule has 0 aromatic heterocycles. The van der Waals surface area contributed by atoms with E-state index in [-0.39, 0.29) is 25.3 Å². The molecule has 39 heavy (non-hydrogen) atoms. The molecular formula is C25H31F2N3O8S. The van der Waals surface area contributed by atoms with Crippen LogP contribution in [0.3, 0.4) is 0 Å². The average Bonchev–Trinajstić information content (AvgIpc) is 2.84. The Morgan fingerprint density at radius 3 is 2.31 bits per heavy atom. The summed E-state index contributed by atoms with van der Waals surface area (Å²) in [7, 11) is -4.42. The van der Waals surface area contributed by atoms with E-state index in [9.17, 15) is 37.2 Å². The van der Waals surface area contributed by atoms with Crippen LogP contribution in [0.4, 0.5) is 14.5 Å². The second kappa shape index (κ2) is 11.9. The van der Waals surface area contributed by atoms with Crippen molar-refractivity contribution in [2.24, 2.45) is 0 Å². The van der Waals surface area contributed by atoms with Gasteiger partial charge in [0.15, 0.2) is 11.2 Å². The summed E-state index contributed by atoms with van der Waals surface area (Å²) in [5, 5.41) is 22.4. The van der Waals surface area contributed by atoms with Crippen molar-refractivity contribution in [2.45, 2.75) is 69.6 Å². The largest absolute Gasteiger partial charge is 0.435 e. The van der Waals surface area contributed by atoms with Crippen LogP contribution in [0.2, 0.25) is 0 Å². The molecule has 14 heteroatoms. The Morgan fingerprint density at radius 1 is 1.13 bits per heavy atom. The standard InChI is InChI=1S/C25H31F2N3O8S/c1-16-22(31)28(13-14-29(16)39(35,36)21-8-6-5-7-19(21)30(33)34)20(23(32)38-25(2,3)4)15-17-9-11-18(12-10-17)37-24(26)27/h5-12,16,20,23-24,32H,13-15H2,1-4H3/t16-,20-,23?/m0/s1. The van der Waals surface area contributed by atoms with Gasteiger partial charge in [-0.3, -0.25) is 14.9 Å². The third-order valence-corrected chi connectivity index (χ3v) is 8.10. The van der Waals surface area contributed by atoms with Crippen LogP contribution in [0, 0.1) is 10.1 Å². The van der Waals surface area contributed by atoms with E-state index in [0.29, 0.717) is 5.56 Å². The molecule has 1 unspecified atom stereocenters. The topological polar surface area (TPSA) is 140 Å². The lowest BCUT2D eigenvalue weighted by atomic mass is 10.0. The monoisotopic (exact) mass is 571 g/mol. The van der Waals surface area contributed by atoms with Crippen molar-refractivity contribution < 1.29 is 41.5 Å². The zero-order chi connectivity index (χ0) is 29.1. The van der Waals surface area contributed by atoms with Gasteiger partial charge in [0.1, 0.15) is 11.8 Å². The second-order valence-electron chi connectivity index (χ2n) is 9.96. The number of alkyl halides is 2. The van der Waals surface area contributed by atoms with Crippen molar-refractivity contribution in [3.05, 3.63) is 64.2 Å². The lowest BCUT2D eigenvalue weighted by Gasteiger charge is -2.44. The Bertz CT molecular complexity index is 1280. The number of aliphatic hydroxyl groups is 1. The molecule has 1 saturated heterocycles. The first-order valence-electron chi connectivity index (χ1n) is 12.1. The maximum Gasteiger partial charge on any atom is 0.387 e. The number of para-hydroxylation sites is 1. The van der Waals surface area contributed by atoms with E-state index >= 15 is 0 Å². The number of aliphatic hydroxyl groups excluding tert-OH is 1. The third kappa shape index (κ3) is 7.26. The van der Waals surface area contributed by atoms with Gasteiger partial charge in [0.25, 0.3) is 15.7 Å². The van der Waals surface area contributed by atoms with Gasteiger partial charge >= 0.3 is 6.61 Å². The molecule has 2 aromatic rings. The van der Waals surface area contributed by atoms with Crippen LogP contribution in [0.15, 0.2) is 53.4 Å². The van der Waals surface area contributed by atoms with E-state index in [0.717, 1.165) is 16.4 Å². The number of sulfonamides is 1. The van der Waals surface area contributed by atoms with Gasteiger partial charge in [0, 0.05) is 19.2 Å². The van der Waals surface area contributed by atoms with Crippen molar-refractivity contribution in [3.63, 3.8) is 0 Å². The van der Waals surface area contributed by atoms with Crippen molar-refractivity contribution in [3.8, 4) is 5.75 Å². The zero-order valence-corrected chi connectivity index (χ0v) is 22.7. The molecule has 1 fully saturated rings. The maximum atomic E-state index is 13.5. The van der Waals surface area contributed by atoms with Gasteiger partial charge in [-0.1, -0.05) is 24.3 Å². The molecule has 0 spiro atoms. The van der Waals surface area contributed by atoms with Gasteiger partial charge in [-0.2, -0.15) is 13.1 Å². The Hall–Kier alpha value is -3.20. The molecule has 0 radical (unpaired) electrons. The molecule has 1 heterocycles. The number of carbonyl (C=O) groups excluding carboxylic acids is 1. The number of hydrogen-bond acceptors (Lipinski definition) is 8. The van der Waals surface area contributed by atoms with Crippen LogP contribution in [-0.2, 0) is 26.0 Å². The summed E-state index contributed by atoms with van der Waals surface area (Å²) in [4.78, 5) is 24.9. The van der Waals surface area contributed by atoms with E-state index < -0.39 is 62.0 Å². The Labute approximate surface area is 225 Å². The molecule has 0 saturated carbocycles. The number of amides is 1. The predicted octanol–water partition coefficient (Wildman–Crippen LogP) is 3.16. The third-order valence-electron chi connectivity index (χ3n) is 6.08. The number of hydrogen-bond donors (Lipinski definition) is 1. The summed E-state index contributed by atoms with van der Waals surface area (Å²) >= 11 is 0. The van der Waals surface area contributed by atoms with Gasteiger partial charge in [-0.05, 0) is 57.9 Å². The minimum atomic E-state index is -4.42. The van der Waals surface area contributed by atoms with Crippen molar-refractivity contribution in [1.29, 1.82) is 0 Å². The normalized spacial score (nSPS) is 18.7. The number of benzene rings is 2. The molecule has 0 bridgehead atoms. The number of rotatable bonds is 10. The lowest BCUT2D eigenvalue weighted by Crippen LogP contribution is -2.62. The van der Waals surface area contributed by atoms with E-state index in [1.165, 1.54) is 48.2 Å². The summed E-state index contributed by atoms with van der Waals surface area (Å²) < 4.78 is 62.8. The highest BCUT2D eigenvalue weighted by atomic mass is 32.2. The molecule has 1 aliphatic heterocycles. The summed E-state index contributed by atoms with van der Waals surface area (Å²) in [5.41, 5.74) is -0.821. The molecule has 1 aliphatic rings. The summed E-state index contributed by atoms with van der Waals surface area (Å²) in [6.45, 7) is 3.19. The Morgan fingerprint density at radius 2 is 1.74 bits per heavy atom. The molecule has 1 N–H and O–H groups in total. The van der Waals surface area contributed by atoms with Crippen LogP contribution >= 0.6 is 0 Å². The highest BCUT2D eigenvalue weighted by Gasteiger charge is 2.45. The van der Waals surface area contributed by atoms with E-state index in [1.807, 2.05) is 0 Å². The first-order valence-corrected chi connectivity index (χ1v) is 13.5. The minimum absolute atomic E-state index is 0.0571. The zero-order valence-electron chi connectivity index (χ0n) is 21.9. The Balaban J connectivity index is 1.89. The van der Waals surface area contributed by atoms with Crippen molar-refractivity contribution in [2.75, 3.05) is 13.1 Å². The quantitative estimate of drug-likeness (QED) is 0.261. The predicted molar refractivity (Wildman–Crippen MR) is 136 cm³/mol. The molecule has 3 atom stereocenters. The molecule has 1 amide bonds. The lowest BCUT2D eigenvalue weighted by molar-refractivity contribution is -0.387. The average molecular weight is 572 g/mol. The number of ether oxygens (including phenoxy) is 2. The number of halogens is 2. The molecule has 3 rings (SSSR count). The van der Waals surface area contributed by atoms with Crippen LogP contribution in [-0.4, -0.2) is 77.2 Å². The molecule has 2 aromatic carbocycles. The number of nitrogens with zero attached hydrogens (tertiary/aromatic N) is 3. The Kier molecular flexibility index (Phi) is 9.26. The summed E-state index contributed by atoms with van der Waals surface area (Å²) in [6, 6.07) is 8.37. The van der Waals surface area contributed by atoms with Gasteiger partial charge in [-0.15, -0.1) is 0 Å². The highest BCUT2D eigenvalue weighted by Crippen LogP contribution is 2.31. The number of piperazine rings is 1. The van der Waals surface area contributed by atoms with E-state index in [4.69, 9.17) is 4.74 Å². The first kappa shape index (κ1) is 30.3. The molecule has 0 aliphatic carbocycles. The van der Waals surface area contributed by atoms with Crippen molar-refractivity contribution >= 4 is 21.6 Å². The van der Waals surface area contributed by atoms with Crippen LogP contribution in [0.5, 0.6) is 5.75 Å². The fourth-order valence-electron chi connectivity index (χ4n) is 4.34. The summed E-state index contributed by atoms with van der Waals surface area (Å²) in [6.07, 6.45) is -1.42. The smallest absolute Gasteiger partial charge is 0.387 e. The van der Waals surface area contributed by atoms with Crippen LogP contribution in [0.1, 0.15) is 33.3 Å². The number of nitro benzene ring substituents is 1. The fourth-order valence-corrected chi connectivity index (χ4v) is 6.08. The minimum Gasteiger partial charge on any atom is -0.435 e. The fraction of sp³-hybridized carbons (Fsp3) is 0.480. The van der Waals surface area contributed by atoms with E-state index in [1.54, 1.807) is 20.8 Å². The SMILES string of the molecule is C[C@H]1C(=O)N([C@@H](Cc2ccc(OC(F)F)cc2)C(O)OC(C)(C)C)CCN1S(=O)(=O)c1ccccc1[N+](=O)[O-]. The summed E-state index contributed by atoms with van der Waals surface area (Å²) in [5.74, 6) is -0.696. The number of nitro groups is 1. The number of carbonyl (C=O) groups is 1.